The van der Waals surface area contributed by atoms with Crippen LogP contribution in [0.4, 0.5) is 8.78 Å². The number of unbranched alkanes of at least 4 members (excludes halogenated alkanes) is 2. The van der Waals surface area contributed by atoms with Gasteiger partial charge in [-0.15, -0.1) is 0 Å². The molecule has 202 valence electrons. The topological polar surface area (TPSA) is 117 Å². The van der Waals surface area contributed by atoms with Crippen molar-refractivity contribution < 1.29 is 37.7 Å². The Morgan fingerprint density at radius 2 is 1.72 bits per heavy atom. The maximum Gasteiger partial charge on any atom is 0.264 e. The first kappa shape index (κ1) is 30.3. The van der Waals surface area contributed by atoms with E-state index in [1.54, 1.807) is 0 Å². The normalized spacial score (nSPS) is 17.4. The monoisotopic (exact) mass is 625 g/mol. The first-order chi connectivity index (χ1) is 17.3. The van der Waals surface area contributed by atoms with Crippen molar-refractivity contribution in [3.05, 3.63) is 35.4 Å². The van der Waals surface area contributed by atoms with E-state index in [1.165, 1.54) is 4.90 Å². The van der Waals surface area contributed by atoms with Crippen LogP contribution in [-0.4, -0.2) is 83.8 Å². The molecule has 36 heavy (non-hydrogen) atoms. The third kappa shape index (κ3) is 10.2. The highest BCUT2D eigenvalue weighted by Gasteiger charge is 2.50. The Hall–Kier alpha value is -1.90. The van der Waals surface area contributed by atoms with Crippen LogP contribution in [0.3, 0.4) is 0 Å². The lowest BCUT2D eigenvalue weighted by molar-refractivity contribution is -0.154. The van der Waals surface area contributed by atoms with E-state index in [9.17, 15) is 28.3 Å². The Morgan fingerprint density at radius 1 is 1.03 bits per heavy atom. The van der Waals surface area contributed by atoms with Crippen molar-refractivity contribution in [1.82, 2.24) is 15.5 Å². The molecule has 0 aromatic heterocycles. The van der Waals surface area contributed by atoms with Crippen molar-refractivity contribution in [2.24, 2.45) is 0 Å². The number of benzene rings is 1. The second-order valence-corrected chi connectivity index (χ2v) is 9.52. The van der Waals surface area contributed by atoms with E-state index in [0.717, 1.165) is 16.6 Å². The summed E-state index contributed by atoms with van der Waals surface area (Å²) < 4.78 is 38.2. The highest BCUT2D eigenvalue weighted by atomic mass is 127. The van der Waals surface area contributed by atoms with E-state index >= 15 is 0 Å². The minimum Gasteiger partial charge on any atom is -0.378 e. The summed E-state index contributed by atoms with van der Waals surface area (Å²) in [4.78, 5) is 38.4. The Bertz CT molecular complexity index is 858. The fourth-order valence-electron chi connectivity index (χ4n) is 3.72. The van der Waals surface area contributed by atoms with Crippen molar-refractivity contribution in [3.8, 4) is 0 Å². The molecule has 12 heteroatoms. The van der Waals surface area contributed by atoms with Gasteiger partial charge in [-0.1, -0.05) is 29.0 Å². The fraction of sp³-hybridized carbons (Fsp3) is 0.625. The van der Waals surface area contributed by atoms with E-state index in [4.69, 9.17) is 9.47 Å². The quantitative estimate of drug-likeness (QED) is 0.105. The van der Waals surface area contributed by atoms with Gasteiger partial charge in [-0.25, -0.2) is 8.78 Å². The number of nitrogens with zero attached hydrogens (tertiary/aromatic N) is 1. The Morgan fingerprint density at radius 3 is 2.42 bits per heavy atom. The minimum atomic E-state index is -2.20. The van der Waals surface area contributed by atoms with Crippen LogP contribution in [0.1, 0.15) is 37.7 Å². The molecule has 0 radical (unpaired) electrons. The van der Waals surface area contributed by atoms with E-state index in [2.05, 4.69) is 33.2 Å². The van der Waals surface area contributed by atoms with Crippen LogP contribution in [0, 0.1) is 11.6 Å². The summed E-state index contributed by atoms with van der Waals surface area (Å²) in [7, 11) is 0. The summed E-state index contributed by atoms with van der Waals surface area (Å²) in [5.74, 6) is -3.22. The molecule has 1 aliphatic rings. The summed E-state index contributed by atoms with van der Waals surface area (Å²) in [6, 6.07) is 2.84. The van der Waals surface area contributed by atoms with Crippen molar-refractivity contribution >= 4 is 40.3 Å². The van der Waals surface area contributed by atoms with Gasteiger partial charge in [-0.2, -0.15) is 0 Å². The number of aliphatic hydroxyl groups is 1. The van der Waals surface area contributed by atoms with Gasteiger partial charge in [0.25, 0.3) is 11.8 Å². The van der Waals surface area contributed by atoms with Gasteiger partial charge in [0.15, 0.2) is 0 Å². The number of amides is 3. The van der Waals surface area contributed by atoms with Crippen molar-refractivity contribution in [3.63, 3.8) is 0 Å². The van der Waals surface area contributed by atoms with Gasteiger partial charge in [0.2, 0.25) is 11.5 Å². The first-order valence-electron chi connectivity index (χ1n) is 12.0. The number of rotatable bonds is 17. The molecule has 1 aromatic carbocycles. The van der Waals surface area contributed by atoms with Crippen molar-refractivity contribution in [2.75, 3.05) is 50.5 Å². The smallest absolute Gasteiger partial charge is 0.264 e. The molecule has 3 N–H and O–H groups in total. The summed E-state index contributed by atoms with van der Waals surface area (Å²) in [5, 5.41) is 15.8. The highest BCUT2D eigenvalue weighted by Crippen LogP contribution is 2.24. The molecule has 1 fully saturated rings. The van der Waals surface area contributed by atoms with Crippen LogP contribution >= 0.6 is 22.6 Å². The lowest BCUT2D eigenvalue weighted by atomic mass is 10.0. The van der Waals surface area contributed by atoms with Gasteiger partial charge >= 0.3 is 0 Å². The number of likely N-dealkylation sites (tertiary alicyclic amines) is 1. The number of hydrogen-bond acceptors (Lipinski definition) is 6. The molecule has 0 spiro atoms. The van der Waals surface area contributed by atoms with Crippen LogP contribution in [0.25, 0.3) is 0 Å². The average molecular weight is 625 g/mol. The number of ether oxygens (including phenoxy) is 2. The molecule has 2 rings (SSSR count). The number of halogens is 3. The zero-order valence-corrected chi connectivity index (χ0v) is 22.4. The molecule has 0 bridgehead atoms. The molecule has 3 amide bonds. The number of alkyl halides is 1. The average Bonchev–Trinajstić information content (AvgIpc) is 3.13. The zero-order valence-electron chi connectivity index (χ0n) is 20.2. The van der Waals surface area contributed by atoms with E-state index < -0.39 is 29.0 Å². The molecule has 1 heterocycles. The largest absolute Gasteiger partial charge is 0.378 e. The molecule has 1 atom stereocenters. The predicted molar refractivity (Wildman–Crippen MR) is 136 cm³/mol. The van der Waals surface area contributed by atoms with Crippen LogP contribution in [-0.2, 0) is 30.4 Å². The molecule has 0 aliphatic carbocycles. The Kier molecular flexibility index (Phi) is 13.5. The first-order valence-corrected chi connectivity index (χ1v) is 13.5. The number of carbonyl (C=O) groups is 3. The van der Waals surface area contributed by atoms with Crippen LogP contribution in [0.5, 0.6) is 0 Å². The summed E-state index contributed by atoms with van der Waals surface area (Å²) >= 11 is 2.23. The molecule has 0 saturated carbocycles. The third-order valence-electron chi connectivity index (χ3n) is 5.63. The van der Waals surface area contributed by atoms with Crippen molar-refractivity contribution in [1.29, 1.82) is 0 Å². The zero-order chi connectivity index (χ0) is 26.4. The molecule has 1 aliphatic heterocycles. The van der Waals surface area contributed by atoms with Crippen molar-refractivity contribution in [2.45, 2.75) is 44.2 Å². The van der Waals surface area contributed by atoms with Gasteiger partial charge in [-0.05, 0) is 30.5 Å². The van der Waals surface area contributed by atoms with Crippen LogP contribution < -0.4 is 10.6 Å². The minimum absolute atomic E-state index is 0.0654. The lowest BCUT2D eigenvalue weighted by Gasteiger charge is -2.21. The summed E-state index contributed by atoms with van der Waals surface area (Å²) in [6.07, 6.45) is 2.27. The number of carbonyl (C=O) groups excluding carboxylic acids is 3. The molecule has 9 nitrogen and oxygen atoms in total. The molecule has 1 unspecified atom stereocenters. The molecular formula is C24H34F2IN3O6. The third-order valence-corrected chi connectivity index (χ3v) is 6.07. The van der Waals surface area contributed by atoms with Gasteiger partial charge in [0.05, 0.1) is 26.4 Å². The fourth-order valence-corrected chi connectivity index (χ4v) is 4.04. The SMILES string of the molecule is O=C(CCCCCN1CCC(O)(C(=O)NCc2cc(F)cc(F)c2)C1=O)NCCOCCOCCI. The van der Waals surface area contributed by atoms with E-state index in [1.807, 2.05) is 0 Å². The number of nitrogens with one attached hydrogen (secondary N) is 2. The summed E-state index contributed by atoms with van der Waals surface area (Å²) in [5.41, 5.74) is -2.02. The molecular weight excluding hydrogens is 591 g/mol. The van der Waals surface area contributed by atoms with Crippen LogP contribution in [0.15, 0.2) is 18.2 Å². The highest BCUT2D eigenvalue weighted by molar-refractivity contribution is 14.1. The van der Waals surface area contributed by atoms with Gasteiger partial charge in [-0.3, -0.25) is 14.4 Å². The Balaban J connectivity index is 1.58. The maximum atomic E-state index is 13.3. The number of hydrogen-bond donors (Lipinski definition) is 3. The molecule has 1 saturated heterocycles. The van der Waals surface area contributed by atoms with Gasteiger partial charge in [0.1, 0.15) is 11.6 Å². The maximum absolute atomic E-state index is 13.3. The van der Waals surface area contributed by atoms with Crippen LogP contribution in [0.2, 0.25) is 0 Å². The Labute approximate surface area is 223 Å². The molecule has 1 aromatic rings. The van der Waals surface area contributed by atoms with Gasteiger partial charge < -0.3 is 30.1 Å². The van der Waals surface area contributed by atoms with E-state index in [0.29, 0.717) is 71.3 Å². The van der Waals surface area contributed by atoms with Gasteiger partial charge in [0, 0.05) is 49.5 Å². The second-order valence-electron chi connectivity index (χ2n) is 8.44. The lowest BCUT2D eigenvalue weighted by Crippen LogP contribution is -2.52. The summed E-state index contributed by atoms with van der Waals surface area (Å²) in [6.45, 7) is 2.95. The standard InChI is InChI=1S/C24H34F2IN3O6/c25-19-14-18(15-20(26)16-19)17-29-22(32)24(34)5-9-30(23(24)33)8-3-1-2-4-21(31)28-7-11-36-13-12-35-10-6-27/h14-16,34H,1-13,17H2,(H,28,31)(H,29,32). The second kappa shape index (κ2) is 16.0. The predicted octanol–water partition coefficient (Wildman–Crippen LogP) is 1.69. The van der Waals surface area contributed by atoms with E-state index in [-0.39, 0.29) is 31.0 Å².